The van der Waals surface area contributed by atoms with Gasteiger partial charge >= 0.3 is 0 Å². The highest BCUT2D eigenvalue weighted by Gasteiger charge is 2.34. The van der Waals surface area contributed by atoms with E-state index in [2.05, 4.69) is 5.32 Å². The molecule has 3 aromatic carbocycles. The van der Waals surface area contributed by atoms with Crippen molar-refractivity contribution in [3.8, 4) is 5.75 Å². The highest BCUT2D eigenvalue weighted by atomic mass is 35.5. The Balaban J connectivity index is 1.75. The molecule has 0 saturated heterocycles. The van der Waals surface area contributed by atoms with Gasteiger partial charge in [-0.3, -0.25) is 13.9 Å². The van der Waals surface area contributed by atoms with Gasteiger partial charge in [0.15, 0.2) is 0 Å². The van der Waals surface area contributed by atoms with Gasteiger partial charge in [0.25, 0.3) is 10.0 Å². The zero-order valence-corrected chi connectivity index (χ0v) is 26.2. The van der Waals surface area contributed by atoms with Gasteiger partial charge in [0.2, 0.25) is 11.8 Å². The van der Waals surface area contributed by atoms with Crippen LogP contribution in [0.15, 0.2) is 71.6 Å². The first kappa shape index (κ1) is 31.7. The van der Waals surface area contributed by atoms with Gasteiger partial charge in [-0.15, -0.1) is 0 Å². The van der Waals surface area contributed by atoms with E-state index in [0.29, 0.717) is 15.6 Å². The summed E-state index contributed by atoms with van der Waals surface area (Å²) < 4.78 is 34.6. The molecule has 224 valence electrons. The predicted molar refractivity (Wildman–Crippen MR) is 166 cm³/mol. The summed E-state index contributed by atoms with van der Waals surface area (Å²) in [6.07, 6.45) is 3.83. The molecule has 0 spiro atoms. The number of methoxy groups -OCH3 is 1. The van der Waals surface area contributed by atoms with Crippen LogP contribution in [0.5, 0.6) is 5.75 Å². The number of nitrogens with one attached hydrogen (secondary N) is 1. The number of hydrogen-bond acceptors (Lipinski definition) is 5. The van der Waals surface area contributed by atoms with Crippen LogP contribution in [0.1, 0.15) is 43.7 Å². The molecule has 0 unspecified atom stereocenters. The number of halogens is 2. The Morgan fingerprint density at radius 3 is 2.36 bits per heavy atom. The lowest BCUT2D eigenvalue weighted by atomic mass is 10.1. The summed E-state index contributed by atoms with van der Waals surface area (Å²) in [5.41, 5.74) is 1.56. The number of aryl methyl sites for hydroxylation is 1. The average molecular weight is 633 g/mol. The van der Waals surface area contributed by atoms with Crippen LogP contribution >= 0.6 is 23.2 Å². The van der Waals surface area contributed by atoms with Crippen LogP contribution in [0, 0.1) is 6.92 Å². The average Bonchev–Trinajstić information content (AvgIpc) is 3.48. The van der Waals surface area contributed by atoms with Crippen LogP contribution < -0.4 is 14.4 Å². The fourth-order valence-electron chi connectivity index (χ4n) is 5.04. The molecule has 1 aliphatic carbocycles. The van der Waals surface area contributed by atoms with Crippen molar-refractivity contribution in [1.82, 2.24) is 10.2 Å². The Morgan fingerprint density at radius 2 is 1.71 bits per heavy atom. The van der Waals surface area contributed by atoms with Gasteiger partial charge < -0.3 is 15.0 Å². The number of anilines is 1. The van der Waals surface area contributed by atoms with Crippen molar-refractivity contribution in [3.63, 3.8) is 0 Å². The number of carbonyl (C=O) groups excluding carboxylic acids is 2. The lowest BCUT2D eigenvalue weighted by Gasteiger charge is -2.33. The van der Waals surface area contributed by atoms with E-state index in [4.69, 9.17) is 27.9 Å². The fourth-order valence-corrected chi connectivity index (χ4v) is 6.94. The van der Waals surface area contributed by atoms with Crippen LogP contribution in [-0.4, -0.2) is 50.9 Å². The predicted octanol–water partition coefficient (Wildman–Crippen LogP) is 5.98. The van der Waals surface area contributed by atoms with Gasteiger partial charge in [0, 0.05) is 22.6 Å². The molecule has 1 N–H and O–H groups in total. The zero-order valence-electron chi connectivity index (χ0n) is 23.8. The largest absolute Gasteiger partial charge is 0.495 e. The summed E-state index contributed by atoms with van der Waals surface area (Å²) in [5.74, 6) is -0.615. The van der Waals surface area contributed by atoms with E-state index >= 15 is 0 Å². The van der Waals surface area contributed by atoms with Crippen LogP contribution in [-0.2, 0) is 26.2 Å². The van der Waals surface area contributed by atoms with Gasteiger partial charge in [-0.2, -0.15) is 0 Å². The minimum atomic E-state index is -4.22. The first-order chi connectivity index (χ1) is 20.0. The SMILES string of the molecule is COc1ccc(C)cc1N(CC(=O)N(Cc1ccc(Cl)cc1Cl)[C@H](C)C(=O)NC1CCCC1)S(=O)(=O)c1ccccc1. The molecule has 4 rings (SSSR count). The fraction of sp³-hybridized carbons (Fsp3) is 0.355. The van der Waals surface area contributed by atoms with E-state index in [-0.39, 0.29) is 34.8 Å². The summed E-state index contributed by atoms with van der Waals surface area (Å²) in [5, 5.41) is 3.81. The maximum Gasteiger partial charge on any atom is 0.264 e. The Kier molecular flexibility index (Phi) is 10.4. The highest BCUT2D eigenvalue weighted by molar-refractivity contribution is 7.92. The van der Waals surface area contributed by atoms with E-state index in [1.807, 2.05) is 6.92 Å². The number of carbonyl (C=O) groups is 2. The van der Waals surface area contributed by atoms with E-state index in [9.17, 15) is 18.0 Å². The molecule has 3 aromatic rings. The second-order valence-corrected chi connectivity index (χ2v) is 13.1. The zero-order chi connectivity index (χ0) is 30.4. The normalized spacial score (nSPS) is 14.3. The van der Waals surface area contributed by atoms with Crippen LogP contribution in [0.4, 0.5) is 5.69 Å². The van der Waals surface area contributed by atoms with Gasteiger partial charge in [-0.1, -0.05) is 66.4 Å². The lowest BCUT2D eigenvalue weighted by Crippen LogP contribution is -2.52. The molecule has 1 fully saturated rings. The summed E-state index contributed by atoms with van der Waals surface area (Å²) >= 11 is 12.6. The lowest BCUT2D eigenvalue weighted by molar-refractivity contribution is -0.139. The number of hydrogen-bond donors (Lipinski definition) is 1. The third kappa shape index (κ3) is 7.38. The van der Waals surface area contributed by atoms with Crippen LogP contribution in [0.2, 0.25) is 10.0 Å². The third-order valence-electron chi connectivity index (χ3n) is 7.44. The molecule has 0 bridgehead atoms. The molecule has 0 heterocycles. The van der Waals surface area contributed by atoms with Gasteiger partial charge in [-0.05, 0) is 74.2 Å². The minimum absolute atomic E-state index is 0.0145. The first-order valence-electron chi connectivity index (χ1n) is 13.8. The van der Waals surface area contributed by atoms with Gasteiger partial charge in [0.1, 0.15) is 18.3 Å². The number of nitrogens with zero attached hydrogens (tertiary/aromatic N) is 2. The number of benzene rings is 3. The van der Waals surface area contributed by atoms with E-state index in [0.717, 1.165) is 35.6 Å². The van der Waals surface area contributed by atoms with Crippen molar-refractivity contribution in [2.24, 2.45) is 0 Å². The molecule has 1 saturated carbocycles. The molecule has 11 heteroatoms. The molecule has 0 radical (unpaired) electrons. The van der Waals surface area contributed by atoms with Crippen molar-refractivity contribution in [2.45, 2.75) is 63.1 Å². The standard InChI is InChI=1S/C31H35Cl2N3O5S/c1-21-13-16-29(41-3)28(17-21)36(42(39,40)26-11-5-4-6-12-26)20-30(37)35(19-23-14-15-24(32)18-27(23)33)22(2)31(38)34-25-9-7-8-10-25/h4-6,11-18,22,25H,7-10,19-20H2,1-3H3,(H,34,38)/t22-/m1/s1. The molecular formula is C31H35Cl2N3O5S. The van der Waals surface area contributed by atoms with Crippen LogP contribution in [0.3, 0.4) is 0 Å². The Morgan fingerprint density at radius 1 is 1.02 bits per heavy atom. The van der Waals surface area contributed by atoms with Gasteiger partial charge in [0.05, 0.1) is 17.7 Å². The van der Waals surface area contributed by atoms with Crippen LogP contribution in [0.25, 0.3) is 0 Å². The molecule has 0 aromatic heterocycles. The summed E-state index contributed by atoms with van der Waals surface area (Å²) in [6, 6.07) is 17.0. The van der Waals surface area contributed by atoms with E-state index in [1.54, 1.807) is 61.5 Å². The summed E-state index contributed by atoms with van der Waals surface area (Å²) in [6.45, 7) is 2.85. The molecule has 2 amide bonds. The summed E-state index contributed by atoms with van der Waals surface area (Å²) in [4.78, 5) is 28.9. The molecule has 0 aliphatic heterocycles. The van der Waals surface area contributed by atoms with Crippen molar-refractivity contribution in [3.05, 3.63) is 87.9 Å². The summed E-state index contributed by atoms with van der Waals surface area (Å²) in [7, 11) is -2.78. The monoisotopic (exact) mass is 631 g/mol. The quantitative estimate of drug-likeness (QED) is 0.281. The smallest absolute Gasteiger partial charge is 0.264 e. The van der Waals surface area contributed by atoms with Crippen molar-refractivity contribution in [2.75, 3.05) is 18.0 Å². The maximum absolute atomic E-state index is 14.2. The number of ether oxygens (including phenoxy) is 1. The molecule has 8 nitrogen and oxygen atoms in total. The Bertz CT molecular complexity index is 1530. The number of sulfonamides is 1. The molecule has 42 heavy (non-hydrogen) atoms. The second kappa shape index (κ2) is 13.8. The highest BCUT2D eigenvalue weighted by Crippen LogP contribution is 2.34. The van der Waals surface area contributed by atoms with Crippen molar-refractivity contribution < 1.29 is 22.7 Å². The second-order valence-electron chi connectivity index (χ2n) is 10.4. The third-order valence-corrected chi connectivity index (χ3v) is 9.80. The van der Waals surface area contributed by atoms with Crippen molar-refractivity contribution in [1.29, 1.82) is 0 Å². The minimum Gasteiger partial charge on any atom is -0.495 e. The maximum atomic E-state index is 14.2. The topological polar surface area (TPSA) is 96.0 Å². The Hall–Kier alpha value is -3.27. The van der Waals surface area contributed by atoms with Crippen molar-refractivity contribution >= 4 is 50.7 Å². The Labute approximate surface area is 257 Å². The molecule has 1 aliphatic rings. The first-order valence-corrected chi connectivity index (χ1v) is 16.0. The van der Waals surface area contributed by atoms with Gasteiger partial charge in [-0.25, -0.2) is 8.42 Å². The molecular weight excluding hydrogens is 597 g/mol. The molecule has 1 atom stereocenters. The van der Waals surface area contributed by atoms with E-state index in [1.165, 1.54) is 24.1 Å². The van der Waals surface area contributed by atoms with E-state index < -0.39 is 28.5 Å². The number of amides is 2. The number of rotatable bonds is 11.